The Morgan fingerprint density at radius 1 is 1.69 bits per heavy atom. The molecule has 16 heavy (non-hydrogen) atoms. The SMILES string of the molecule is C=C(C)CCCC(Br)C(=O)N1CCOC1=O. The Kier molecular flexibility index (Phi) is 4.99. The summed E-state index contributed by atoms with van der Waals surface area (Å²) in [6.07, 6.45) is 1.96. The maximum atomic E-state index is 11.8. The smallest absolute Gasteiger partial charge is 0.416 e. The molecule has 0 aromatic carbocycles. The number of hydrogen-bond acceptors (Lipinski definition) is 3. The van der Waals surface area contributed by atoms with Crippen LogP contribution in [0.3, 0.4) is 0 Å². The molecule has 1 saturated heterocycles. The predicted octanol–water partition coefficient (Wildman–Crippen LogP) is 2.48. The molecule has 1 heterocycles. The van der Waals surface area contributed by atoms with Crippen LogP contribution < -0.4 is 0 Å². The van der Waals surface area contributed by atoms with E-state index in [4.69, 9.17) is 4.74 Å². The minimum atomic E-state index is -0.533. The number of ether oxygens (including phenoxy) is 1. The molecule has 1 atom stereocenters. The van der Waals surface area contributed by atoms with Gasteiger partial charge in [-0.15, -0.1) is 6.58 Å². The number of halogens is 1. The summed E-state index contributed by atoms with van der Waals surface area (Å²) in [6, 6.07) is 0. The number of hydrogen-bond donors (Lipinski definition) is 0. The number of carbonyl (C=O) groups excluding carboxylic acids is 2. The predicted molar refractivity (Wildman–Crippen MR) is 64.4 cm³/mol. The van der Waals surface area contributed by atoms with Gasteiger partial charge in [0, 0.05) is 0 Å². The Hall–Kier alpha value is -0.840. The molecule has 0 bridgehead atoms. The molecule has 1 rings (SSSR count). The molecule has 0 aromatic heterocycles. The largest absolute Gasteiger partial charge is 0.447 e. The van der Waals surface area contributed by atoms with Crippen LogP contribution in [0, 0.1) is 0 Å². The van der Waals surface area contributed by atoms with Crippen molar-refractivity contribution in [3.05, 3.63) is 12.2 Å². The summed E-state index contributed by atoms with van der Waals surface area (Å²) in [7, 11) is 0. The van der Waals surface area contributed by atoms with Crippen LogP contribution in [-0.2, 0) is 9.53 Å². The van der Waals surface area contributed by atoms with E-state index in [1.807, 2.05) is 6.92 Å². The van der Waals surface area contributed by atoms with E-state index in [1.54, 1.807) is 0 Å². The molecule has 90 valence electrons. The fourth-order valence-corrected chi connectivity index (χ4v) is 2.04. The van der Waals surface area contributed by atoms with E-state index in [0.29, 0.717) is 19.6 Å². The number of alkyl halides is 1. The molecule has 0 N–H and O–H groups in total. The number of rotatable bonds is 5. The van der Waals surface area contributed by atoms with Crippen molar-refractivity contribution in [2.24, 2.45) is 0 Å². The zero-order valence-corrected chi connectivity index (χ0v) is 11.0. The van der Waals surface area contributed by atoms with Crippen LogP contribution in [0.15, 0.2) is 12.2 Å². The number of allylic oxidation sites excluding steroid dienone is 1. The quantitative estimate of drug-likeness (QED) is 0.577. The minimum absolute atomic E-state index is 0.204. The van der Waals surface area contributed by atoms with E-state index >= 15 is 0 Å². The van der Waals surface area contributed by atoms with Gasteiger partial charge < -0.3 is 4.74 Å². The first-order valence-electron chi connectivity index (χ1n) is 5.29. The standard InChI is InChI=1S/C11H16BrNO3/c1-8(2)4-3-5-9(12)10(14)13-6-7-16-11(13)15/h9H,1,3-7H2,2H3. The molecule has 1 fully saturated rings. The van der Waals surface area contributed by atoms with Crippen molar-refractivity contribution in [1.82, 2.24) is 4.90 Å². The van der Waals surface area contributed by atoms with Crippen molar-refractivity contribution in [2.75, 3.05) is 13.2 Å². The molecule has 0 radical (unpaired) electrons. The lowest BCUT2D eigenvalue weighted by Gasteiger charge is -2.15. The molecule has 1 aliphatic heterocycles. The molecular weight excluding hydrogens is 274 g/mol. The third-order valence-corrected chi connectivity index (χ3v) is 3.21. The summed E-state index contributed by atoms with van der Waals surface area (Å²) < 4.78 is 4.71. The number of amides is 2. The van der Waals surface area contributed by atoms with E-state index in [2.05, 4.69) is 22.5 Å². The van der Waals surface area contributed by atoms with Gasteiger partial charge in [0.2, 0.25) is 5.91 Å². The maximum absolute atomic E-state index is 11.8. The Labute approximate surface area is 104 Å². The molecule has 0 spiro atoms. The van der Waals surface area contributed by atoms with Crippen LogP contribution in [-0.4, -0.2) is 34.9 Å². The molecule has 5 heteroatoms. The Balaban J connectivity index is 2.35. The van der Waals surface area contributed by atoms with Gasteiger partial charge in [-0.3, -0.25) is 4.79 Å². The van der Waals surface area contributed by atoms with Crippen molar-refractivity contribution < 1.29 is 14.3 Å². The van der Waals surface area contributed by atoms with Crippen molar-refractivity contribution in [3.8, 4) is 0 Å². The lowest BCUT2D eigenvalue weighted by molar-refractivity contribution is -0.127. The van der Waals surface area contributed by atoms with Crippen molar-refractivity contribution >= 4 is 27.9 Å². The van der Waals surface area contributed by atoms with Crippen molar-refractivity contribution in [3.63, 3.8) is 0 Å². The number of carbonyl (C=O) groups is 2. The summed E-state index contributed by atoms with van der Waals surface area (Å²) in [4.78, 5) is 23.8. The van der Waals surface area contributed by atoms with Gasteiger partial charge in [-0.05, 0) is 26.2 Å². The highest BCUT2D eigenvalue weighted by Gasteiger charge is 2.31. The van der Waals surface area contributed by atoms with E-state index in [-0.39, 0.29) is 10.7 Å². The zero-order chi connectivity index (χ0) is 12.1. The normalized spacial score (nSPS) is 17.1. The van der Waals surface area contributed by atoms with E-state index in [9.17, 15) is 9.59 Å². The van der Waals surface area contributed by atoms with Crippen molar-refractivity contribution in [2.45, 2.75) is 31.0 Å². The van der Waals surface area contributed by atoms with Gasteiger partial charge >= 0.3 is 6.09 Å². The molecule has 1 unspecified atom stereocenters. The van der Waals surface area contributed by atoms with Crippen LogP contribution in [0.4, 0.5) is 4.79 Å². The van der Waals surface area contributed by atoms with Gasteiger partial charge in [0.15, 0.2) is 0 Å². The van der Waals surface area contributed by atoms with Crippen LogP contribution in [0.2, 0.25) is 0 Å². The van der Waals surface area contributed by atoms with Crippen LogP contribution >= 0.6 is 15.9 Å². The Bertz CT molecular complexity index is 304. The molecule has 0 saturated carbocycles. The van der Waals surface area contributed by atoms with Gasteiger partial charge in [0.25, 0.3) is 0 Å². The molecule has 1 aliphatic rings. The molecule has 0 aromatic rings. The first-order chi connectivity index (χ1) is 7.52. The Morgan fingerprint density at radius 2 is 2.38 bits per heavy atom. The zero-order valence-electron chi connectivity index (χ0n) is 9.37. The highest BCUT2D eigenvalue weighted by Crippen LogP contribution is 2.17. The monoisotopic (exact) mass is 289 g/mol. The summed E-state index contributed by atoms with van der Waals surface area (Å²) in [5.41, 5.74) is 1.10. The first kappa shape index (κ1) is 13.2. The highest BCUT2D eigenvalue weighted by atomic mass is 79.9. The third kappa shape index (κ3) is 3.63. The van der Waals surface area contributed by atoms with Gasteiger partial charge in [-0.1, -0.05) is 21.5 Å². The number of imide groups is 1. The fourth-order valence-electron chi connectivity index (χ4n) is 1.47. The molecule has 2 amide bonds. The van der Waals surface area contributed by atoms with E-state index in [0.717, 1.165) is 23.3 Å². The summed E-state index contributed by atoms with van der Waals surface area (Å²) >= 11 is 3.30. The van der Waals surface area contributed by atoms with Gasteiger partial charge in [0.1, 0.15) is 6.61 Å². The van der Waals surface area contributed by atoms with Crippen LogP contribution in [0.25, 0.3) is 0 Å². The molecule has 0 aliphatic carbocycles. The lowest BCUT2D eigenvalue weighted by Crippen LogP contribution is -2.37. The second kappa shape index (κ2) is 6.03. The van der Waals surface area contributed by atoms with Gasteiger partial charge in [-0.25, -0.2) is 9.69 Å². The minimum Gasteiger partial charge on any atom is -0.447 e. The topological polar surface area (TPSA) is 46.6 Å². The van der Waals surface area contributed by atoms with E-state index < -0.39 is 6.09 Å². The number of nitrogens with zero attached hydrogens (tertiary/aromatic N) is 1. The van der Waals surface area contributed by atoms with Gasteiger partial charge in [-0.2, -0.15) is 0 Å². The summed E-state index contributed by atoms with van der Waals surface area (Å²) in [5.74, 6) is -0.204. The van der Waals surface area contributed by atoms with Crippen LogP contribution in [0.5, 0.6) is 0 Å². The molecule has 4 nitrogen and oxygen atoms in total. The highest BCUT2D eigenvalue weighted by molar-refractivity contribution is 9.10. The Morgan fingerprint density at radius 3 is 2.88 bits per heavy atom. The summed E-state index contributed by atoms with van der Waals surface area (Å²) in [5, 5.41) is 0. The second-order valence-electron chi connectivity index (χ2n) is 3.92. The van der Waals surface area contributed by atoms with Gasteiger partial charge in [0.05, 0.1) is 11.4 Å². The first-order valence-corrected chi connectivity index (χ1v) is 6.20. The average molecular weight is 290 g/mol. The van der Waals surface area contributed by atoms with Crippen molar-refractivity contribution in [1.29, 1.82) is 0 Å². The van der Waals surface area contributed by atoms with E-state index in [1.165, 1.54) is 0 Å². The fraction of sp³-hybridized carbons (Fsp3) is 0.636. The average Bonchev–Trinajstić information content (AvgIpc) is 2.62. The molecular formula is C11H16BrNO3. The van der Waals surface area contributed by atoms with Crippen LogP contribution in [0.1, 0.15) is 26.2 Å². The number of cyclic esters (lactones) is 1. The summed E-state index contributed by atoms with van der Waals surface area (Å²) in [6.45, 7) is 6.43. The maximum Gasteiger partial charge on any atom is 0.416 e. The third-order valence-electron chi connectivity index (χ3n) is 2.36. The second-order valence-corrected chi connectivity index (χ2v) is 5.03. The lowest BCUT2D eigenvalue weighted by atomic mass is 10.1.